The molecular weight excluding hydrogens is 322 g/mol. The molecule has 4 nitrogen and oxygen atoms in total. The molecule has 0 spiro atoms. The number of ketones is 1. The highest BCUT2D eigenvalue weighted by atomic mass is 32.1. The number of nitrogens with zero attached hydrogens (tertiary/aromatic N) is 1. The first-order valence-corrected chi connectivity index (χ1v) is 8.63. The van der Waals surface area contributed by atoms with Gasteiger partial charge in [0.05, 0.1) is 27.9 Å². The van der Waals surface area contributed by atoms with E-state index in [0.717, 1.165) is 21.3 Å². The Kier molecular flexibility index (Phi) is 5.01. The maximum absolute atomic E-state index is 12.3. The number of thiazole rings is 1. The van der Waals surface area contributed by atoms with Crippen molar-refractivity contribution in [2.45, 2.75) is 19.8 Å². The third-order valence-corrected chi connectivity index (χ3v) is 4.46. The van der Waals surface area contributed by atoms with Crippen LogP contribution in [0.4, 0.5) is 0 Å². The minimum absolute atomic E-state index is 0.141. The Labute approximate surface area is 144 Å². The second-order valence-electron chi connectivity index (χ2n) is 5.46. The molecule has 0 radical (unpaired) electrons. The standard InChI is InChI=1S/C19H17NO3S/c1-2-23-19(22)15-6-3-13(4-7-15)9-16(21)10-14-5-8-17-18(11-14)24-12-20-17/h3-8,11-12H,2,9-10H2,1H3. The molecule has 0 saturated carbocycles. The van der Waals surface area contributed by atoms with Gasteiger partial charge in [-0.05, 0) is 42.3 Å². The molecule has 0 aliphatic rings. The zero-order valence-corrected chi connectivity index (χ0v) is 14.1. The first-order valence-electron chi connectivity index (χ1n) is 7.75. The van der Waals surface area contributed by atoms with Gasteiger partial charge < -0.3 is 4.74 Å². The third-order valence-electron chi connectivity index (χ3n) is 3.66. The molecule has 122 valence electrons. The first kappa shape index (κ1) is 16.3. The maximum atomic E-state index is 12.3. The number of rotatable bonds is 6. The number of carbonyl (C=O) groups excluding carboxylic acids is 2. The lowest BCUT2D eigenvalue weighted by molar-refractivity contribution is -0.117. The summed E-state index contributed by atoms with van der Waals surface area (Å²) in [6.07, 6.45) is 0.747. The first-order chi connectivity index (χ1) is 11.7. The molecule has 0 aliphatic carbocycles. The van der Waals surface area contributed by atoms with Crippen LogP contribution in [0.25, 0.3) is 10.2 Å². The van der Waals surface area contributed by atoms with Gasteiger partial charge in [0, 0.05) is 12.8 Å². The number of hydrogen-bond acceptors (Lipinski definition) is 5. The minimum atomic E-state index is -0.340. The lowest BCUT2D eigenvalue weighted by Crippen LogP contribution is -2.08. The van der Waals surface area contributed by atoms with Crippen molar-refractivity contribution in [3.05, 3.63) is 64.7 Å². The number of ether oxygens (including phenoxy) is 1. The highest BCUT2D eigenvalue weighted by Crippen LogP contribution is 2.19. The summed E-state index contributed by atoms with van der Waals surface area (Å²) in [6.45, 7) is 2.12. The fraction of sp³-hybridized carbons (Fsp3) is 0.211. The zero-order valence-electron chi connectivity index (χ0n) is 13.3. The number of hydrogen-bond donors (Lipinski definition) is 0. The molecule has 0 atom stereocenters. The lowest BCUT2D eigenvalue weighted by Gasteiger charge is -2.04. The van der Waals surface area contributed by atoms with Crippen molar-refractivity contribution < 1.29 is 14.3 Å². The van der Waals surface area contributed by atoms with Gasteiger partial charge in [-0.3, -0.25) is 4.79 Å². The molecule has 1 aromatic heterocycles. The quantitative estimate of drug-likeness (QED) is 0.641. The van der Waals surface area contributed by atoms with E-state index in [9.17, 15) is 9.59 Å². The van der Waals surface area contributed by atoms with E-state index in [-0.39, 0.29) is 11.8 Å². The fourth-order valence-corrected chi connectivity index (χ4v) is 3.24. The molecule has 1 heterocycles. The molecular formula is C19H17NO3S. The molecule has 0 saturated heterocycles. The van der Waals surface area contributed by atoms with Crippen LogP contribution in [0.3, 0.4) is 0 Å². The van der Waals surface area contributed by atoms with E-state index in [1.54, 1.807) is 48.0 Å². The molecule has 3 rings (SSSR count). The fourth-order valence-electron chi connectivity index (χ4n) is 2.50. The van der Waals surface area contributed by atoms with Crippen LogP contribution in [0.1, 0.15) is 28.4 Å². The Morgan fingerprint density at radius 2 is 1.75 bits per heavy atom. The Bertz CT molecular complexity index is 868. The van der Waals surface area contributed by atoms with Crippen molar-refractivity contribution >= 4 is 33.3 Å². The van der Waals surface area contributed by atoms with Gasteiger partial charge in [-0.15, -0.1) is 11.3 Å². The van der Waals surface area contributed by atoms with E-state index in [4.69, 9.17) is 4.74 Å². The number of esters is 1. The Morgan fingerprint density at radius 3 is 2.50 bits per heavy atom. The van der Waals surface area contributed by atoms with E-state index in [1.165, 1.54) is 0 Å². The summed E-state index contributed by atoms with van der Waals surface area (Å²) in [5, 5.41) is 0. The molecule has 0 N–H and O–H groups in total. The second kappa shape index (κ2) is 7.36. The van der Waals surface area contributed by atoms with Crippen LogP contribution in [0.5, 0.6) is 0 Å². The summed E-state index contributed by atoms with van der Waals surface area (Å²) in [5.74, 6) is -0.198. The predicted molar refractivity (Wildman–Crippen MR) is 94.4 cm³/mol. The van der Waals surface area contributed by atoms with Gasteiger partial charge >= 0.3 is 5.97 Å². The van der Waals surface area contributed by atoms with Crippen LogP contribution in [-0.4, -0.2) is 23.3 Å². The van der Waals surface area contributed by atoms with Crippen molar-refractivity contribution in [2.24, 2.45) is 0 Å². The summed E-state index contributed by atoms with van der Waals surface area (Å²) >= 11 is 1.57. The van der Waals surface area contributed by atoms with Crippen LogP contribution in [-0.2, 0) is 22.4 Å². The summed E-state index contributed by atoms with van der Waals surface area (Å²) in [7, 11) is 0. The average molecular weight is 339 g/mol. The van der Waals surface area contributed by atoms with Crippen molar-refractivity contribution in [3.63, 3.8) is 0 Å². The molecule has 0 amide bonds. The van der Waals surface area contributed by atoms with Crippen LogP contribution < -0.4 is 0 Å². The van der Waals surface area contributed by atoms with E-state index in [1.807, 2.05) is 18.2 Å². The second-order valence-corrected chi connectivity index (χ2v) is 6.35. The summed E-state index contributed by atoms with van der Waals surface area (Å²) < 4.78 is 6.04. The molecule has 2 aromatic carbocycles. The van der Waals surface area contributed by atoms with Gasteiger partial charge in [0.2, 0.25) is 0 Å². The SMILES string of the molecule is CCOC(=O)c1ccc(CC(=O)Cc2ccc3ncsc3c2)cc1. The summed E-state index contributed by atoms with van der Waals surface area (Å²) in [4.78, 5) is 28.1. The van der Waals surface area contributed by atoms with Gasteiger partial charge in [0.1, 0.15) is 5.78 Å². The van der Waals surface area contributed by atoms with Gasteiger partial charge in [-0.2, -0.15) is 0 Å². The predicted octanol–water partition coefficient (Wildman–Crippen LogP) is 3.83. The molecule has 0 bridgehead atoms. The zero-order chi connectivity index (χ0) is 16.9. The highest BCUT2D eigenvalue weighted by Gasteiger charge is 2.09. The number of Topliss-reactive ketones (excluding diaryl/α,β-unsaturated/α-hetero) is 1. The van der Waals surface area contributed by atoms with E-state index >= 15 is 0 Å². The van der Waals surface area contributed by atoms with Gasteiger partial charge in [0.25, 0.3) is 0 Å². The number of fused-ring (bicyclic) bond motifs is 1. The van der Waals surface area contributed by atoms with Gasteiger partial charge in [0.15, 0.2) is 0 Å². The van der Waals surface area contributed by atoms with Crippen LogP contribution in [0.15, 0.2) is 48.0 Å². The van der Waals surface area contributed by atoms with Crippen LogP contribution in [0, 0.1) is 0 Å². The third kappa shape index (κ3) is 3.86. The molecule has 24 heavy (non-hydrogen) atoms. The van der Waals surface area contributed by atoms with Crippen molar-refractivity contribution in [2.75, 3.05) is 6.61 Å². The van der Waals surface area contributed by atoms with Crippen molar-refractivity contribution in [3.8, 4) is 0 Å². The molecule has 5 heteroatoms. The molecule has 0 fully saturated rings. The Hall–Kier alpha value is -2.53. The monoisotopic (exact) mass is 339 g/mol. The van der Waals surface area contributed by atoms with Crippen LogP contribution in [0.2, 0.25) is 0 Å². The van der Waals surface area contributed by atoms with Crippen LogP contribution >= 0.6 is 11.3 Å². The number of carbonyl (C=O) groups is 2. The molecule has 3 aromatic rings. The van der Waals surface area contributed by atoms with Gasteiger partial charge in [-0.25, -0.2) is 9.78 Å². The van der Waals surface area contributed by atoms with E-state index < -0.39 is 0 Å². The van der Waals surface area contributed by atoms with Crippen molar-refractivity contribution in [1.82, 2.24) is 4.98 Å². The normalized spacial score (nSPS) is 10.7. The van der Waals surface area contributed by atoms with Gasteiger partial charge in [-0.1, -0.05) is 18.2 Å². The average Bonchev–Trinajstić information content (AvgIpc) is 3.03. The highest BCUT2D eigenvalue weighted by molar-refractivity contribution is 7.16. The van der Waals surface area contributed by atoms with Crippen molar-refractivity contribution in [1.29, 1.82) is 0 Å². The Morgan fingerprint density at radius 1 is 1.04 bits per heavy atom. The van der Waals surface area contributed by atoms with E-state index in [0.29, 0.717) is 25.0 Å². The van der Waals surface area contributed by atoms with E-state index in [2.05, 4.69) is 4.98 Å². The molecule has 0 unspecified atom stereocenters. The maximum Gasteiger partial charge on any atom is 0.338 e. The number of aromatic nitrogens is 1. The minimum Gasteiger partial charge on any atom is -0.462 e. The number of benzene rings is 2. The lowest BCUT2D eigenvalue weighted by atomic mass is 10.0. The molecule has 0 aliphatic heterocycles. The smallest absolute Gasteiger partial charge is 0.338 e. The summed E-state index contributed by atoms with van der Waals surface area (Å²) in [5.41, 5.74) is 5.17. The summed E-state index contributed by atoms with van der Waals surface area (Å²) in [6, 6.07) is 12.9. The Balaban J connectivity index is 1.62. The largest absolute Gasteiger partial charge is 0.462 e. The topological polar surface area (TPSA) is 56.3 Å².